The van der Waals surface area contributed by atoms with E-state index < -0.39 is 0 Å². The average molecular weight is 249 g/mol. The third kappa shape index (κ3) is 2.58. The standard InChI is InChI=1S/C13H19N3S/c1-10-9-15(2)7-8-16(10)12-6-4-3-5-11(12)13(14)17/h3-6,10H,7-9H2,1-2H3,(H2,14,17). The van der Waals surface area contributed by atoms with Crippen molar-refractivity contribution in [1.29, 1.82) is 0 Å². The van der Waals surface area contributed by atoms with Gasteiger partial charge in [-0.3, -0.25) is 0 Å². The fourth-order valence-corrected chi connectivity index (χ4v) is 2.60. The van der Waals surface area contributed by atoms with Crippen LogP contribution in [0.2, 0.25) is 0 Å². The molecule has 1 heterocycles. The average Bonchev–Trinajstić information content (AvgIpc) is 2.29. The van der Waals surface area contributed by atoms with Gasteiger partial charge in [-0.2, -0.15) is 0 Å². The zero-order valence-corrected chi connectivity index (χ0v) is 11.2. The van der Waals surface area contributed by atoms with Gasteiger partial charge < -0.3 is 15.5 Å². The van der Waals surface area contributed by atoms with E-state index in [0.717, 1.165) is 25.2 Å². The summed E-state index contributed by atoms with van der Waals surface area (Å²) in [7, 11) is 2.16. The minimum Gasteiger partial charge on any atom is -0.389 e. The monoisotopic (exact) mass is 249 g/mol. The Morgan fingerprint density at radius 1 is 1.35 bits per heavy atom. The Labute approximate surface area is 108 Å². The van der Waals surface area contributed by atoms with Gasteiger partial charge in [0.1, 0.15) is 4.99 Å². The summed E-state index contributed by atoms with van der Waals surface area (Å²) in [4.78, 5) is 5.23. The maximum absolute atomic E-state index is 5.79. The van der Waals surface area contributed by atoms with E-state index in [4.69, 9.17) is 18.0 Å². The SMILES string of the molecule is CC1CN(C)CCN1c1ccccc1C(N)=S. The lowest BCUT2D eigenvalue weighted by Gasteiger charge is -2.40. The fourth-order valence-electron chi connectivity index (χ4n) is 2.43. The Hall–Kier alpha value is -1.13. The van der Waals surface area contributed by atoms with Gasteiger partial charge in [0.05, 0.1) is 0 Å². The second kappa shape index (κ2) is 5.02. The van der Waals surface area contributed by atoms with Gasteiger partial charge >= 0.3 is 0 Å². The van der Waals surface area contributed by atoms with Crippen LogP contribution in [0.15, 0.2) is 24.3 Å². The van der Waals surface area contributed by atoms with E-state index in [1.807, 2.05) is 18.2 Å². The molecule has 4 heteroatoms. The van der Waals surface area contributed by atoms with Gasteiger partial charge in [0, 0.05) is 36.9 Å². The van der Waals surface area contributed by atoms with Crippen LogP contribution in [-0.2, 0) is 0 Å². The van der Waals surface area contributed by atoms with Gasteiger partial charge in [-0.15, -0.1) is 0 Å². The maximum atomic E-state index is 5.79. The van der Waals surface area contributed by atoms with Gasteiger partial charge in [0.15, 0.2) is 0 Å². The molecule has 0 amide bonds. The van der Waals surface area contributed by atoms with E-state index >= 15 is 0 Å². The van der Waals surface area contributed by atoms with Crippen molar-refractivity contribution in [3.05, 3.63) is 29.8 Å². The van der Waals surface area contributed by atoms with E-state index in [2.05, 4.69) is 29.8 Å². The van der Waals surface area contributed by atoms with Crippen molar-refractivity contribution in [2.24, 2.45) is 5.73 Å². The predicted molar refractivity (Wildman–Crippen MR) is 76.6 cm³/mol. The van der Waals surface area contributed by atoms with Crippen molar-refractivity contribution in [3.8, 4) is 0 Å². The molecule has 1 aromatic rings. The number of para-hydroxylation sites is 1. The zero-order chi connectivity index (χ0) is 12.4. The number of anilines is 1. The van der Waals surface area contributed by atoms with Crippen LogP contribution in [0.3, 0.4) is 0 Å². The largest absolute Gasteiger partial charge is 0.389 e. The zero-order valence-electron chi connectivity index (χ0n) is 10.4. The van der Waals surface area contributed by atoms with Crippen LogP contribution < -0.4 is 10.6 Å². The van der Waals surface area contributed by atoms with Gasteiger partial charge in [0.25, 0.3) is 0 Å². The van der Waals surface area contributed by atoms with Crippen LogP contribution in [0.5, 0.6) is 0 Å². The first-order chi connectivity index (χ1) is 8.09. The van der Waals surface area contributed by atoms with Crippen LogP contribution in [-0.4, -0.2) is 42.6 Å². The second-order valence-electron chi connectivity index (χ2n) is 4.69. The molecule has 0 aliphatic carbocycles. The molecule has 1 unspecified atom stereocenters. The number of thiocarbonyl (C=S) groups is 1. The van der Waals surface area contributed by atoms with Gasteiger partial charge in [0.2, 0.25) is 0 Å². The molecule has 2 N–H and O–H groups in total. The first kappa shape index (κ1) is 12.3. The van der Waals surface area contributed by atoms with Crippen LogP contribution in [0.1, 0.15) is 12.5 Å². The molecular weight excluding hydrogens is 230 g/mol. The molecule has 1 aliphatic heterocycles. The summed E-state index contributed by atoms with van der Waals surface area (Å²) in [6.45, 7) is 5.42. The van der Waals surface area contributed by atoms with Crippen molar-refractivity contribution < 1.29 is 0 Å². The number of nitrogens with zero attached hydrogens (tertiary/aromatic N) is 2. The van der Waals surface area contributed by atoms with Gasteiger partial charge in [-0.25, -0.2) is 0 Å². The molecule has 3 nitrogen and oxygen atoms in total. The number of piperazine rings is 1. The highest BCUT2D eigenvalue weighted by Crippen LogP contribution is 2.24. The molecule has 1 saturated heterocycles. The minimum atomic E-state index is 0.478. The molecule has 2 rings (SSSR count). The molecule has 17 heavy (non-hydrogen) atoms. The molecule has 92 valence electrons. The molecule has 1 aliphatic rings. The number of rotatable bonds is 2. The Morgan fingerprint density at radius 2 is 2.06 bits per heavy atom. The number of benzene rings is 1. The molecule has 0 aromatic heterocycles. The van der Waals surface area contributed by atoms with Crippen molar-refractivity contribution >= 4 is 22.9 Å². The van der Waals surface area contributed by atoms with Crippen molar-refractivity contribution in [3.63, 3.8) is 0 Å². The third-order valence-electron chi connectivity index (χ3n) is 3.31. The molecule has 1 atom stereocenters. The van der Waals surface area contributed by atoms with Crippen LogP contribution in [0.4, 0.5) is 5.69 Å². The van der Waals surface area contributed by atoms with E-state index in [9.17, 15) is 0 Å². The first-order valence-electron chi connectivity index (χ1n) is 5.93. The topological polar surface area (TPSA) is 32.5 Å². The molecular formula is C13H19N3S. The van der Waals surface area contributed by atoms with Gasteiger partial charge in [-0.1, -0.05) is 24.4 Å². The van der Waals surface area contributed by atoms with Crippen LogP contribution >= 0.6 is 12.2 Å². The van der Waals surface area contributed by atoms with Crippen LogP contribution in [0.25, 0.3) is 0 Å². The van der Waals surface area contributed by atoms with Crippen LogP contribution in [0, 0.1) is 0 Å². The third-order valence-corrected chi connectivity index (χ3v) is 3.53. The summed E-state index contributed by atoms with van der Waals surface area (Å²) in [5.41, 5.74) is 7.94. The Morgan fingerprint density at radius 3 is 2.71 bits per heavy atom. The van der Waals surface area contributed by atoms with Crippen molar-refractivity contribution in [2.75, 3.05) is 31.6 Å². The molecule has 1 fully saturated rings. The summed E-state index contributed by atoms with van der Waals surface area (Å²) < 4.78 is 0. The number of likely N-dealkylation sites (N-methyl/N-ethyl adjacent to an activating group) is 1. The first-order valence-corrected chi connectivity index (χ1v) is 6.34. The molecule has 0 spiro atoms. The molecule has 0 bridgehead atoms. The number of nitrogens with two attached hydrogens (primary N) is 1. The lowest BCUT2D eigenvalue weighted by molar-refractivity contribution is 0.275. The Bertz CT molecular complexity index is 419. The van der Waals surface area contributed by atoms with E-state index in [1.165, 1.54) is 5.69 Å². The highest BCUT2D eigenvalue weighted by Gasteiger charge is 2.23. The smallest absolute Gasteiger partial charge is 0.106 e. The lowest BCUT2D eigenvalue weighted by atomic mass is 10.1. The van der Waals surface area contributed by atoms with E-state index in [-0.39, 0.29) is 0 Å². The van der Waals surface area contributed by atoms with Crippen molar-refractivity contribution in [1.82, 2.24) is 4.90 Å². The van der Waals surface area contributed by atoms with Crippen molar-refractivity contribution in [2.45, 2.75) is 13.0 Å². The quantitative estimate of drug-likeness (QED) is 0.804. The molecule has 0 radical (unpaired) electrons. The summed E-state index contributed by atoms with van der Waals surface area (Å²) in [6, 6.07) is 8.63. The fraction of sp³-hybridized carbons (Fsp3) is 0.462. The normalized spacial score (nSPS) is 21.5. The summed E-state index contributed by atoms with van der Waals surface area (Å²) in [5.74, 6) is 0. The summed E-state index contributed by atoms with van der Waals surface area (Å²) in [5, 5.41) is 0. The predicted octanol–water partition coefficient (Wildman–Crippen LogP) is 1.46. The summed E-state index contributed by atoms with van der Waals surface area (Å²) in [6.07, 6.45) is 0. The minimum absolute atomic E-state index is 0.478. The highest BCUT2D eigenvalue weighted by atomic mass is 32.1. The Kier molecular flexibility index (Phi) is 3.64. The molecule has 1 aromatic carbocycles. The maximum Gasteiger partial charge on any atom is 0.106 e. The lowest BCUT2D eigenvalue weighted by Crippen LogP contribution is -2.51. The van der Waals surface area contributed by atoms with Gasteiger partial charge in [-0.05, 0) is 26.1 Å². The van der Waals surface area contributed by atoms with E-state index in [0.29, 0.717) is 11.0 Å². The Balaban J connectivity index is 2.30. The second-order valence-corrected chi connectivity index (χ2v) is 5.13. The van der Waals surface area contributed by atoms with E-state index in [1.54, 1.807) is 0 Å². The number of hydrogen-bond acceptors (Lipinski definition) is 3. The molecule has 0 saturated carbocycles. The number of hydrogen-bond donors (Lipinski definition) is 1. The highest BCUT2D eigenvalue weighted by molar-refractivity contribution is 7.80. The summed E-state index contributed by atoms with van der Waals surface area (Å²) >= 11 is 5.12.